The van der Waals surface area contributed by atoms with Gasteiger partial charge in [-0.2, -0.15) is 0 Å². The van der Waals surface area contributed by atoms with Crippen LogP contribution < -0.4 is 0 Å². The molecule has 0 aromatic carbocycles. The van der Waals surface area contributed by atoms with Crippen molar-refractivity contribution in [3.63, 3.8) is 0 Å². The summed E-state index contributed by atoms with van der Waals surface area (Å²) in [5, 5.41) is 0. The van der Waals surface area contributed by atoms with Crippen molar-refractivity contribution in [2.75, 3.05) is 0 Å². The Hall–Kier alpha value is 2.16. The van der Waals surface area contributed by atoms with Crippen LogP contribution in [0.4, 0.5) is 0 Å². The van der Waals surface area contributed by atoms with Crippen LogP contribution in [0.1, 0.15) is 0 Å². The topological polar surface area (TPSA) is 0 Å². The molecule has 0 saturated carbocycles. The van der Waals surface area contributed by atoms with E-state index >= 15 is 0 Å². The molecule has 0 spiro atoms. The number of hydrogen-bond donors (Lipinski definition) is 0. The van der Waals surface area contributed by atoms with E-state index in [9.17, 15) is 0 Å². The molecular weight excluding hydrogens is 359 g/mol. The van der Waals surface area contributed by atoms with Crippen molar-refractivity contribution in [1.82, 2.24) is 0 Å². The largest absolute Gasteiger partial charge is 0 e. The second kappa shape index (κ2) is 19.2. The van der Waals surface area contributed by atoms with Gasteiger partial charge in [-0.05, 0) is 0 Å². The molecule has 0 N–H and O–H groups in total. The molecule has 4 heavy (non-hydrogen) atoms. The number of hydrogen-bond acceptors (Lipinski definition) is 1. The van der Waals surface area contributed by atoms with Gasteiger partial charge in [-0.25, -0.2) is 0 Å². The summed E-state index contributed by atoms with van der Waals surface area (Å²) in [6, 6.07) is 0. The van der Waals surface area contributed by atoms with Gasteiger partial charge in [0.2, 0.25) is 0 Å². The van der Waals surface area contributed by atoms with Gasteiger partial charge in [-0.3, -0.25) is 0 Å². The third-order valence-electron chi connectivity index (χ3n) is 0. The van der Waals surface area contributed by atoms with E-state index in [4.69, 9.17) is 0 Å². The van der Waals surface area contributed by atoms with Gasteiger partial charge in [0.05, 0.1) is 0 Å². The van der Waals surface area contributed by atoms with E-state index in [-0.39, 0.29) is 44.4 Å². The van der Waals surface area contributed by atoms with E-state index < -0.39 is 0 Å². The quantitative estimate of drug-likeness (QED) is 0.560. The Bertz CT molecular complexity index is 8.00. The first-order chi connectivity index (χ1) is 1.00. The Balaban J connectivity index is -0.00000000500. The van der Waals surface area contributed by atoms with E-state index in [1.54, 1.807) is 0 Å². The molecule has 4 heteroatoms. The van der Waals surface area contributed by atoms with E-state index in [0.717, 1.165) is 0 Å². The summed E-state index contributed by atoms with van der Waals surface area (Å²) in [4.78, 5) is 0. The van der Waals surface area contributed by atoms with Crippen molar-refractivity contribution in [2.45, 2.75) is 0 Å². The van der Waals surface area contributed by atoms with Crippen LogP contribution >= 0.6 is 10.7 Å². The summed E-state index contributed by atoms with van der Waals surface area (Å²) in [6.07, 6.45) is 0. The maximum Gasteiger partial charge on any atom is 0 e. The minimum atomic E-state index is 0. The first kappa shape index (κ1) is 16.4. The third kappa shape index (κ3) is 8.91. The van der Waals surface area contributed by atoms with Crippen molar-refractivity contribution in [2.24, 2.45) is 0 Å². The van der Waals surface area contributed by atoms with Crippen LogP contribution in [0.25, 0.3) is 0 Å². The fraction of sp³-hybridized carbons (Fsp3) is 0. The molecule has 30 valence electrons. The molecule has 0 fully saturated rings. The molecule has 0 aromatic rings. The van der Waals surface area contributed by atoms with Crippen LogP contribution in [0.5, 0.6) is 0 Å². The van der Waals surface area contributed by atoms with Crippen molar-refractivity contribution in [1.29, 1.82) is 0 Å². The predicted molar refractivity (Wildman–Crippen MR) is 13.3 cm³/mol. The van der Waals surface area contributed by atoms with Crippen LogP contribution in [-0.2, 0) is 30.9 Å². The molecule has 2 radical (unpaired) electrons. The Morgan fingerprint density at radius 2 is 1.25 bits per heavy atom. The molecule has 0 heterocycles. The Morgan fingerprint density at radius 1 is 1.25 bits per heavy atom. The molecule has 0 aliphatic carbocycles. The summed E-state index contributed by atoms with van der Waals surface area (Å²) in [7, 11) is 3.71. The van der Waals surface area contributed by atoms with Crippen LogP contribution in [0, 0.1) is 0 Å². The molecule has 0 aromatic heterocycles. The van der Waals surface area contributed by atoms with Crippen molar-refractivity contribution >= 4 is 38.0 Å². The zero-order valence-electron chi connectivity index (χ0n) is 1.60. The minimum absolute atomic E-state index is 0. The van der Waals surface area contributed by atoms with Gasteiger partial charge in [0.25, 0.3) is 0 Å². The Labute approximate surface area is 68.0 Å². The SMILES string of the molecule is [Cu].[S]=[Ni].[Tl]. The van der Waals surface area contributed by atoms with Gasteiger partial charge in [0.15, 0.2) is 0 Å². The molecule has 0 aliphatic rings. The van der Waals surface area contributed by atoms with Crippen LogP contribution in [0.2, 0.25) is 0 Å². The molecule has 0 unspecified atom stereocenters. The van der Waals surface area contributed by atoms with E-state index in [1.807, 2.05) is 0 Å². The van der Waals surface area contributed by atoms with Crippen molar-refractivity contribution < 1.29 is 30.9 Å². The first-order valence-electron chi connectivity index (χ1n) is 0.129. The van der Waals surface area contributed by atoms with Crippen molar-refractivity contribution in [3.8, 4) is 0 Å². The van der Waals surface area contributed by atoms with Gasteiger partial charge in [0.1, 0.15) is 0 Å². The standard InChI is InChI=1S/Cu.Ni.S.Tl. The summed E-state index contributed by atoms with van der Waals surface area (Å²) in [6.45, 7) is 0. The fourth-order valence-corrected chi connectivity index (χ4v) is 0. The minimum Gasteiger partial charge on any atom is 0 e. The fourth-order valence-electron chi connectivity index (χ4n) is 0. The molecule has 0 atom stereocenters. The zero-order chi connectivity index (χ0) is 2.00. The summed E-state index contributed by atoms with van der Waals surface area (Å²) >= 11 is 3.46. The van der Waals surface area contributed by atoms with Gasteiger partial charge in [-0.15, -0.1) is 0 Å². The van der Waals surface area contributed by atoms with Gasteiger partial charge in [-0.1, -0.05) is 0 Å². The predicted octanol–water partition coefficient (Wildman–Crippen LogP) is 0.262. The second-order valence-corrected chi connectivity index (χ2v) is 0. The number of rotatable bonds is 0. The van der Waals surface area contributed by atoms with Crippen molar-refractivity contribution in [3.05, 3.63) is 0 Å². The molecule has 0 saturated heterocycles. The maximum absolute atomic E-state index is 3.71. The second-order valence-electron chi connectivity index (χ2n) is 0. The normalized spacial score (nSPS) is 1.50. The zero-order valence-corrected chi connectivity index (χ0v) is 8.84. The average Bonchev–Trinajstić information content (AvgIpc) is 1.00. The summed E-state index contributed by atoms with van der Waals surface area (Å²) in [5.74, 6) is 0. The Kier molecular flexibility index (Phi) is 78.7. The van der Waals surface area contributed by atoms with Crippen LogP contribution in [-0.4, -0.2) is 27.3 Å². The van der Waals surface area contributed by atoms with Gasteiger partial charge in [0, 0.05) is 44.4 Å². The Morgan fingerprint density at radius 3 is 1.25 bits per heavy atom. The van der Waals surface area contributed by atoms with Gasteiger partial charge < -0.3 is 0 Å². The smallest absolute Gasteiger partial charge is 0 e. The molecule has 0 amide bonds. The maximum atomic E-state index is 3.71. The van der Waals surface area contributed by atoms with Crippen LogP contribution in [0.3, 0.4) is 0 Å². The molecule has 0 rings (SSSR count). The molecule has 0 bridgehead atoms. The summed E-state index contributed by atoms with van der Waals surface area (Å²) < 4.78 is 0. The van der Waals surface area contributed by atoms with E-state index in [1.165, 1.54) is 0 Å². The average molecular weight is 359 g/mol. The van der Waals surface area contributed by atoms with Gasteiger partial charge >= 0.3 is 24.5 Å². The van der Waals surface area contributed by atoms with E-state index in [2.05, 4.69) is 24.5 Å². The first-order valence-corrected chi connectivity index (χ1v) is 1.60. The monoisotopic (exact) mass is 358 g/mol. The van der Waals surface area contributed by atoms with Crippen LogP contribution in [0.15, 0.2) is 0 Å². The molecular formula is CuNiSTl. The summed E-state index contributed by atoms with van der Waals surface area (Å²) in [5.41, 5.74) is 0. The third-order valence-corrected chi connectivity index (χ3v) is 0. The molecule has 0 nitrogen and oxygen atoms in total. The molecule has 0 aliphatic heterocycles. The van der Waals surface area contributed by atoms with E-state index in [0.29, 0.717) is 0 Å².